The normalized spacial score (nSPS) is 11.9. The number of rotatable bonds is 8. The van der Waals surface area contributed by atoms with Crippen LogP contribution in [0.25, 0.3) is 5.82 Å². The van der Waals surface area contributed by atoms with Crippen LogP contribution in [-0.4, -0.2) is 49.1 Å². The summed E-state index contributed by atoms with van der Waals surface area (Å²) in [5.41, 5.74) is 0. The SMILES string of the molecule is CSc1cnc(NCC(C)CNc2cnc(-n3cccn3)cn2)nc1. The Kier molecular flexibility index (Phi) is 5.78. The van der Waals surface area contributed by atoms with Crippen molar-refractivity contribution in [2.24, 2.45) is 5.92 Å². The molecule has 0 fully saturated rings. The molecular weight excluding hydrogens is 336 g/mol. The first-order valence-electron chi connectivity index (χ1n) is 7.90. The molecule has 0 aliphatic heterocycles. The van der Waals surface area contributed by atoms with Crippen molar-refractivity contribution < 1.29 is 0 Å². The summed E-state index contributed by atoms with van der Waals surface area (Å²) < 4.78 is 1.67. The molecule has 0 aliphatic carbocycles. The highest BCUT2D eigenvalue weighted by Gasteiger charge is 2.05. The number of anilines is 2. The molecule has 0 spiro atoms. The minimum Gasteiger partial charge on any atom is -0.368 e. The van der Waals surface area contributed by atoms with Gasteiger partial charge in [-0.15, -0.1) is 11.8 Å². The third kappa shape index (κ3) is 4.90. The quantitative estimate of drug-likeness (QED) is 0.594. The molecule has 3 aromatic heterocycles. The van der Waals surface area contributed by atoms with Gasteiger partial charge in [0.2, 0.25) is 5.95 Å². The first-order chi connectivity index (χ1) is 12.2. The zero-order chi connectivity index (χ0) is 17.5. The van der Waals surface area contributed by atoms with Crippen LogP contribution in [0.2, 0.25) is 0 Å². The standard InChI is InChI=1S/C16H20N8S/c1-12(7-20-16-21-8-13(25-2)9-22-16)6-17-14-10-19-15(11-18-14)24-5-3-4-23-24/h3-5,8-12H,6-7H2,1-2H3,(H,17,18)(H,20,21,22). The largest absolute Gasteiger partial charge is 0.368 e. The van der Waals surface area contributed by atoms with Crippen molar-refractivity contribution in [2.75, 3.05) is 30.0 Å². The van der Waals surface area contributed by atoms with Gasteiger partial charge in [-0.3, -0.25) is 0 Å². The molecule has 8 nitrogen and oxygen atoms in total. The Labute approximate surface area is 150 Å². The van der Waals surface area contributed by atoms with Gasteiger partial charge in [-0.1, -0.05) is 6.92 Å². The van der Waals surface area contributed by atoms with Crippen LogP contribution in [0.4, 0.5) is 11.8 Å². The van der Waals surface area contributed by atoms with Crippen LogP contribution in [0.15, 0.2) is 48.1 Å². The lowest BCUT2D eigenvalue weighted by atomic mass is 10.2. The van der Waals surface area contributed by atoms with E-state index in [4.69, 9.17) is 0 Å². The van der Waals surface area contributed by atoms with Crippen LogP contribution < -0.4 is 10.6 Å². The van der Waals surface area contributed by atoms with Crippen LogP contribution in [0.5, 0.6) is 0 Å². The monoisotopic (exact) mass is 356 g/mol. The van der Waals surface area contributed by atoms with E-state index < -0.39 is 0 Å². The summed E-state index contributed by atoms with van der Waals surface area (Å²) in [6.07, 6.45) is 12.6. The van der Waals surface area contributed by atoms with E-state index in [-0.39, 0.29) is 0 Å². The zero-order valence-electron chi connectivity index (χ0n) is 14.1. The summed E-state index contributed by atoms with van der Waals surface area (Å²) in [5, 5.41) is 10.7. The van der Waals surface area contributed by atoms with E-state index in [9.17, 15) is 0 Å². The minimum atomic E-state index is 0.372. The summed E-state index contributed by atoms with van der Waals surface area (Å²) in [7, 11) is 0. The molecule has 1 unspecified atom stereocenters. The highest BCUT2D eigenvalue weighted by Crippen LogP contribution is 2.12. The Morgan fingerprint density at radius 1 is 1.04 bits per heavy atom. The fourth-order valence-electron chi connectivity index (χ4n) is 2.06. The van der Waals surface area contributed by atoms with Gasteiger partial charge in [0.25, 0.3) is 0 Å². The van der Waals surface area contributed by atoms with E-state index in [0.29, 0.717) is 17.7 Å². The molecule has 0 bridgehead atoms. The summed E-state index contributed by atoms with van der Waals surface area (Å²) in [5.74, 6) is 2.45. The van der Waals surface area contributed by atoms with Gasteiger partial charge in [0.1, 0.15) is 5.82 Å². The molecule has 25 heavy (non-hydrogen) atoms. The summed E-state index contributed by atoms with van der Waals surface area (Å²) in [6, 6.07) is 1.85. The van der Waals surface area contributed by atoms with Crippen LogP contribution in [0.1, 0.15) is 6.92 Å². The van der Waals surface area contributed by atoms with Crippen LogP contribution in [0, 0.1) is 5.92 Å². The van der Waals surface area contributed by atoms with Crippen molar-refractivity contribution in [1.82, 2.24) is 29.7 Å². The lowest BCUT2D eigenvalue weighted by Gasteiger charge is -2.14. The molecule has 0 saturated carbocycles. The molecule has 3 rings (SSSR count). The molecule has 0 aliphatic rings. The van der Waals surface area contributed by atoms with Crippen molar-refractivity contribution >= 4 is 23.5 Å². The minimum absolute atomic E-state index is 0.372. The maximum absolute atomic E-state index is 4.36. The van der Waals surface area contributed by atoms with Crippen molar-refractivity contribution in [3.8, 4) is 5.82 Å². The third-order valence-electron chi connectivity index (χ3n) is 3.48. The second-order valence-corrected chi connectivity index (χ2v) is 6.40. The van der Waals surface area contributed by atoms with Gasteiger partial charge < -0.3 is 10.6 Å². The van der Waals surface area contributed by atoms with E-state index in [1.807, 2.05) is 30.9 Å². The first kappa shape index (κ1) is 17.2. The molecular formula is C16H20N8S. The molecule has 3 heterocycles. The van der Waals surface area contributed by atoms with E-state index in [1.54, 1.807) is 35.0 Å². The zero-order valence-corrected chi connectivity index (χ0v) is 14.9. The number of nitrogens with one attached hydrogen (secondary N) is 2. The molecule has 3 aromatic rings. The molecule has 0 aromatic carbocycles. The maximum Gasteiger partial charge on any atom is 0.222 e. The summed E-state index contributed by atoms with van der Waals surface area (Å²) in [6.45, 7) is 3.68. The number of thioether (sulfide) groups is 1. The highest BCUT2D eigenvalue weighted by atomic mass is 32.2. The van der Waals surface area contributed by atoms with Crippen LogP contribution in [-0.2, 0) is 0 Å². The number of hydrogen-bond acceptors (Lipinski definition) is 8. The average Bonchev–Trinajstić information content (AvgIpc) is 3.20. The highest BCUT2D eigenvalue weighted by molar-refractivity contribution is 7.98. The van der Waals surface area contributed by atoms with E-state index in [2.05, 4.69) is 42.6 Å². The second-order valence-electron chi connectivity index (χ2n) is 5.52. The predicted molar refractivity (Wildman–Crippen MR) is 99.1 cm³/mol. The van der Waals surface area contributed by atoms with Gasteiger partial charge in [-0.05, 0) is 18.2 Å². The predicted octanol–water partition coefficient (Wildman–Crippen LogP) is 2.33. The lowest BCUT2D eigenvalue weighted by Crippen LogP contribution is -2.21. The van der Waals surface area contributed by atoms with Crippen LogP contribution >= 0.6 is 11.8 Å². The van der Waals surface area contributed by atoms with Crippen molar-refractivity contribution in [2.45, 2.75) is 11.8 Å². The van der Waals surface area contributed by atoms with Crippen molar-refractivity contribution in [1.29, 1.82) is 0 Å². The summed E-state index contributed by atoms with van der Waals surface area (Å²) in [4.78, 5) is 18.3. The van der Waals surface area contributed by atoms with Gasteiger partial charge in [0.05, 0.1) is 12.4 Å². The smallest absolute Gasteiger partial charge is 0.222 e. The molecule has 2 N–H and O–H groups in total. The van der Waals surface area contributed by atoms with Crippen LogP contribution in [0.3, 0.4) is 0 Å². The molecule has 130 valence electrons. The van der Waals surface area contributed by atoms with Crippen molar-refractivity contribution in [3.63, 3.8) is 0 Å². The lowest BCUT2D eigenvalue weighted by molar-refractivity contribution is 0.644. The van der Waals surface area contributed by atoms with Gasteiger partial charge in [0.15, 0.2) is 5.82 Å². The molecule has 0 saturated heterocycles. The maximum atomic E-state index is 4.36. The topological polar surface area (TPSA) is 93.4 Å². The number of aromatic nitrogens is 6. The fraction of sp³-hybridized carbons (Fsp3) is 0.312. The molecule has 9 heteroatoms. The Balaban J connectivity index is 1.44. The average molecular weight is 356 g/mol. The Bertz CT molecular complexity index is 758. The summed E-state index contributed by atoms with van der Waals surface area (Å²) >= 11 is 1.63. The Morgan fingerprint density at radius 2 is 1.84 bits per heavy atom. The third-order valence-corrected chi connectivity index (χ3v) is 4.16. The number of nitrogens with zero attached hydrogens (tertiary/aromatic N) is 6. The molecule has 0 amide bonds. The Morgan fingerprint density at radius 3 is 2.48 bits per heavy atom. The fourth-order valence-corrected chi connectivity index (χ4v) is 2.38. The van der Waals surface area contributed by atoms with E-state index >= 15 is 0 Å². The van der Waals surface area contributed by atoms with Gasteiger partial charge in [-0.25, -0.2) is 24.6 Å². The second kappa shape index (κ2) is 8.43. The van der Waals surface area contributed by atoms with Crippen molar-refractivity contribution in [3.05, 3.63) is 43.2 Å². The molecule has 1 atom stereocenters. The van der Waals surface area contributed by atoms with Gasteiger partial charge >= 0.3 is 0 Å². The Hall–Kier alpha value is -2.68. The number of hydrogen-bond donors (Lipinski definition) is 2. The van der Waals surface area contributed by atoms with Gasteiger partial charge in [-0.2, -0.15) is 5.10 Å². The first-order valence-corrected chi connectivity index (χ1v) is 9.13. The molecule has 0 radical (unpaired) electrons. The van der Waals surface area contributed by atoms with E-state index in [1.165, 1.54) is 0 Å². The van der Waals surface area contributed by atoms with E-state index in [0.717, 1.165) is 23.8 Å². The van der Waals surface area contributed by atoms with Gasteiger partial charge in [0, 0.05) is 42.8 Å².